The maximum absolute atomic E-state index is 12.9. The Bertz CT molecular complexity index is 599. The first kappa shape index (κ1) is 20.8. The van der Waals surface area contributed by atoms with Crippen LogP contribution in [0.5, 0.6) is 0 Å². The van der Waals surface area contributed by atoms with Crippen molar-refractivity contribution in [3.8, 4) is 0 Å². The van der Waals surface area contributed by atoms with Crippen LogP contribution in [0.25, 0.3) is 0 Å². The predicted octanol–water partition coefficient (Wildman–Crippen LogP) is 4.67. The van der Waals surface area contributed by atoms with Crippen LogP contribution in [-0.2, 0) is 9.59 Å². The van der Waals surface area contributed by atoms with Crippen molar-refractivity contribution in [1.82, 2.24) is 10.6 Å². The molecule has 168 valence electrons. The Labute approximate surface area is 182 Å². The highest BCUT2D eigenvalue weighted by molar-refractivity contribution is 5.81. The van der Waals surface area contributed by atoms with E-state index in [-0.39, 0.29) is 23.7 Å². The van der Waals surface area contributed by atoms with Crippen LogP contribution in [0, 0.1) is 47.3 Å². The van der Waals surface area contributed by atoms with E-state index in [2.05, 4.69) is 24.5 Å². The number of amides is 2. The summed E-state index contributed by atoms with van der Waals surface area (Å²) in [7, 11) is 0. The fourth-order valence-electron chi connectivity index (χ4n) is 8.33. The van der Waals surface area contributed by atoms with E-state index in [1.807, 2.05) is 0 Å². The minimum Gasteiger partial charge on any atom is -0.353 e. The first-order chi connectivity index (χ1) is 14.5. The van der Waals surface area contributed by atoms with Gasteiger partial charge in [-0.25, -0.2) is 0 Å². The third-order valence-electron chi connectivity index (χ3n) is 10.1. The van der Waals surface area contributed by atoms with Crippen LogP contribution in [0.15, 0.2) is 0 Å². The van der Waals surface area contributed by atoms with E-state index in [0.29, 0.717) is 23.9 Å². The molecule has 2 N–H and O–H groups in total. The zero-order valence-corrected chi connectivity index (χ0v) is 19.1. The van der Waals surface area contributed by atoms with Crippen LogP contribution >= 0.6 is 0 Å². The topological polar surface area (TPSA) is 58.2 Å². The summed E-state index contributed by atoms with van der Waals surface area (Å²) >= 11 is 0. The number of rotatable bonds is 6. The summed E-state index contributed by atoms with van der Waals surface area (Å²) in [5, 5.41) is 6.73. The van der Waals surface area contributed by atoms with Gasteiger partial charge in [0.15, 0.2) is 0 Å². The van der Waals surface area contributed by atoms with Gasteiger partial charge in [0.25, 0.3) is 0 Å². The molecule has 0 spiro atoms. The number of hydrogen-bond acceptors (Lipinski definition) is 2. The van der Waals surface area contributed by atoms with Crippen LogP contribution < -0.4 is 10.6 Å². The fraction of sp³-hybridized carbons (Fsp3) is 0.923. The molecular weight excluding hydrogens is 372 g/mol. The standard InChI is InChI=1S/C26H42N2O2/c1-15(23-13-17-3-5-21(23)11-17)27-25(29)19-7-9-20(10-8-19)26(30)28-16(2)24-14-18-4-6-22(24)12-18/h15-24H,3-14H2,1-2H3,(H,27,29)(H,28,30)/t15-,16-,17-,18-,19?,20?,21-,22-,23+,24+/m1/s1. The Morgan fingerprint density at radius 1 is 0.600 bits per heavy atom. The van der Waals surface area contributed by atoms with Gasteiger partial charge < -0.3 is 10.6 Å². The van der Waals surface area contributed by atoms with Gasteiger partial charge in [-0.3, -0.25) is 9.59 Å². The van der Waals surface area contributed by atoms with Crippen molar-refractivity contribution in [2.24, 2.45) is 47.3 Å². The molecule has 0 aromatic heterocycles. The molecule has 0 aromatic rings. The maximum atomic E-state index is 12.9. The summed E-state index contributed by atoms with van der Waals surface area (Å²) in [5.41, 5.74) is 0. The summed E-state index contributed by atoms with van der Waals surface area (Å²) < 4.78 is 0. The lowest BCUT2D eigenvalue weighted by molar-refractivity contribution is -0.131. The van der Waals surface area contributed by atoms with Crippen molar-refractivity contribution in [3.63, 3.8) is 0 Å². The zero-order chi connectivity index (χ0) is 20.8. The molecular formula is C26H42N2O2. The normalized spacial score (nSPS) is 44.1. The molecule has 30 heavy (non-hydrogen) atoms. The van der Waals surface area contributed by atoms with Crippen LogP contribution in [0.3, 0.4) is 0 Å². The molecule has 5 rings (SSSR count). The average molecular weight is 415 g/mol. The van der Waals surface area contributed by atoms with Gasteiger partial charge in [-0.2, -0.15) is 0 Å². The molecule has 0 unspecified atom stereocenters. The van der Waals surface area contributed by atoms with Crippen molar-refractivity contribution in [3.05, 3.63) is 0 Å². The number of nitrogens with one attached hydrogen (secondary N) is 2. The number of carbonyl (C=O) groups excluding carboxylic acids is 2. The first-order valence-corrected chi connectivity index (χ1v) is 13.1. The van der Waals surface area contributed by atoms with Gasteiger partial charge >= 0.3 is 0 Å². The van der Waals surface area contributed by atoms with Gasteiger partial charge in [-0.1, -0.05) is 12.8 Å². The minimum absolute atomic E-state index is 0.109. The van der Waals surface area contributed by atoms with E-state index in [9.17, 15) is 9.59 Å². The fourth-order valence-corrected chi connectivity index (χ4v) is 8.33. The third-order valence-corrected chi connectivity index (χ3v) is 10.1. The summed E-state index contributed by atoms with van der Waals surface area (Å²) in [6.07, 6.45) is 14.5. The molecule has 4 nitrogen and oxygen atoms in total. The van der Waals surface area contributed by atoms with Gasteiger partial charge in [-0.05, 0) is 114 Å². The number of hydrogen-bond donors (Lipinski definition) is 2. The molecule has 0 aliphatic heterocycles. The SMILES string of the molecule is C[C@@H](NC(=O)C1CCC(C(=O)N[C@H](C)[C@@H]2C[C@@H]3CC[C@@H]2C3)CC1)[C@@H]1C[C@@H]2CC[C@@H]1C2. The molecule has 5 saturated carbocycles. The molecule has 0 aromatic carbocycles. The van der Waals surface area contributed by atoms with Crippen molar-refractivity contribution in [1.29, 1.82) is 0 Å². The maximum Gasteiger partial charge on any atom is 0.223 e. The van der Waals surface area contributed by atoms with Gasteiger partial charge in [-0.15, -0.1) is 0 Å². The monoisotopic (exact) mass is 414 g/mol. The molecule has 4 heteroatoms. The number of fused-ring (bicyclic) bond motifs is 4. The van der Waals surface area contributed by atoms with E-state index in [1.54, 1.807) is 0 Å². The zero-order valence-electron chi connectivity index (χ0n) is 19.1. The minimum atomic E-state index is 0.109. The van der Waals surface area contributed by atoms with E-state index < -0.39 is 0 Å². The summed E-state index contributed by atoms with van der Waals surface area (Å²) in [4.78, 5) is 25.7. The second-order valence-corrected chi connectivity index (χ2v) is 11.8. The molecule has 0 heterocycles. The van der Waals surface area contributed by atoms with Crippen LogP contribution in [0.1, 0.15) is 90.9 Å². The Hall–Kier alpha value is -1.06. The Kier molecular flexibility index (Phi) is 5.88. The third kappa shape index (κ3) is 4.05. The number of carbonyl (C=O) groups is 2. The molecule has 4 bridgehead atoms. The first-order valence-electron chi connectivity index (χ1n) is 13.1. The van der Waals surface area contributed by atoms with Crippen molar-refractivity contribution < 1.29 is 9.59 Å². The van der Waals surface area contributed by atoms with E-state index in [4.69, 9.17) is 0 Å². The Morgan fingerprint density at radius 2 is 1.00 bits per heavy atom. The Morgan fingerprint density at radius 3 is 1.30 bits per heavy atom. The van der Waals surface area contributed by atoms with Crippen molar-refractivity contribution in [2.75, 3.05) is 0 Å². The highest BCUT2D eigenvalue weighted by Gasteiger charge is 2.44. The lowest BCUT2D eigenvalue weighted by atomic mass is 9.79. The summed E-state index contributed by atoms with van der Waals surface area (Å²) in [5.74, 6) is 5.66. The van der Waals surface area contributed by atoms with Gasteiger partial charge in [0.1, 0.15) is 0 Å². The molecule has 5 aliphatic carbocycles. The molecule has 5 aliphatic rings. The van der Waals surface area contributed by atoms with Gasteiger partial charge in [0.05, 0.1) is 0 Å². The van der Waals surface area contributed by atoms with Crippen molar-refractivity contribution in [2.45, 2.75) is 103 Å². The molecule has 0 saturated heterocycles. The van der Waals surface area contributed by atoms with E-state index in [0.717, 1.165) is 49.4 Å². The molecule has 8 atom stereocenters. The van der Waals surface area contributed by atoms with Crippen molar-refractivity contribution >= 4 is 11.8 Å². The van der Waals surface area contributed by atoms with E-state index >= 15 is 0 Å². The van der Waals surface area contributed by atoms with Crippen LogP contribution in [0.4, 0.5) is 0 Å². The lowest BCUT2D eigenvalue weighted by Crippen LogP contribution is -2.46. The van der Waals surface area contributed by atoms with Crippen LogP contribution in [-0.4, -0.2) is 23.9 Å². The largest absolute Gasteiger partial charge is 0.353 e. The van der Waals surface area contributed by atoms with Crippen LogP contribution in [0.2, 0.25) is 0 Å². The Balaban J connectivity index is 1.05. The summed E-state index contributed by atoms with van der Waals surface area (Å²) in [6, 6.07) is 0.632. The summed E-state index contributed by atoms with van der Waals surface area (Å²) in [6.45, 7) is 4.44. The highest BCUT2D eigenvalue weighted by Crippen LogP contribution is 2.50. The molecule has 5 fully saturated rings. The average Bonchev–Trinajstić information content (AvgIpc) is 3.55. The predicted molar refractivity (Wildman–Crippen MR) is 119 cm³/mol. The van der Waals surface area contributed by atoms with Gasteiger partial charge in [0.2, 0.25) is 11.8 Å². The second kappa shape index (κ2) is 8.47. The quantitative estimate of drug-likeness (QED) is 0.663. The van der Waals surface area contributed by atoms with Gasteiger partial charge in [0, 0.05) is 23.9 Å². The van der Waals surface area contributed by atoms with E-state index in [1.165, 1.54) is 51.4 Å². The second-order valence-electron chi connectivity index (χ2n) is 11.8. The molecule has 0 radical (unpaired) electrons. The molecule has 2 amide bonds. The smallest absolute Gasteiger partial charge is 0.223 e. The highest BCUT2D eigenvalue weighted by atomic mass is 16.2. The lowest BCUT2D eigenvalue weighted by Gasteiger charge is -2.33.